The Hall–Kier alpha value is -3.67. The first-order valence-corrected chi connectivity index (χ1v) is 9.50. The van der Waals surface area contributed by atoms with Crippen molar-refractivity contribution in [2.45, 2.75) is 26.3 Å². The summed E-state index contributed by atoms with van der Waals surface area (Å²) in [6.45, 7) is 3.86. The van der Waals surface area contributed by atoms with Gasteiger partial charge in [0.25, 0.3) is 0 Å². The topological polar surface area (TPSA) is 79.5 Å². The van der Waals surface area contributed by atoms with Crippen LogP contribution in [0.4, 0.5) is 10.5 Å². The molecule has 0 aliphatic carbocycles. The third kappa shape index (κ3) is 3.69. The zero-order chi connectivity index (χ0) is 20.4. The summed E-state index contributed by atoms with van der Waals surface area (Å²) in [5, 5.41) is 15.9. The molecule has 4 rings (SSSR count). The zero-order valence-corrected chi connectivity index (χ0v) is 16.2. The number of amides is 1. The van der Waals surface area contributed by atoms with Gasteiger partial charge in [0, 0.05) is 46.7 Å². The summed E-state index contributed by atoms with van der Waals surface area (Å²) in [7, 11) is 0. The van der Waals surface area contributed by atoms with E-state index in [1.807, 2.05) is 56.4 Å². The number of fused-ring (bicyclic) bond motifs is 1. The predicted molar refractivity (Wildman–Crippen MR) is 113 cm³/mol. The van der Waals surface area contributed by atoms with Gasteiger partial charge in [-0.2, -0.15) is 0 Å². The van der Waals surface area contributed by atoms with Crippen LogP contribution in [0.2, 0.25) is 0 Å². The lowest BCUT2D eigenvalue weighted by atomic mass is 10.1. The molecule has 0 fully saturated rings. The number of carboxylic acid groups (broad SMARTS) is 1. The molecule has 2 heterocycles. The lowest BCUT2D eigenvalue weighted by molar-refractivity contribution is 0.199. The summed E-state index contributed by atoms with van der Waals surface area (Å²) in [5.41, 5.74) is 3.18. The quantitative estimate of drug-likeness (QED) is 0.465. The van der Waals surface area contributed by atoms with Gasteiger partial charge in [-0.3, -0.25) is 9.88 Å². The number of benzene rings is 2. The summed E-state index contributed by atoms with van der Waals surface area (Å²) < 4.78 is 5.54. The van der Waals surface area contributed by atoms with Gasteiger partial charge in [0.15, 0.2) is 5.76 Å². The molecule has 0 radical (unpaired) electrons. The van der Waals surface area contributed by atoms with Gasteiger partial charge >= 0.3 is 6.09 Å². The fourth-order valence-electron chi connectivity index (χ4n) is 3.31. The average Bonchev–Trinajstić information content (AvgIpc) is 3.24. The standard InChI is InChI=1S/C23H21N3O3/c1-3-15(2)26(23(27)28)20-8-6-16(7-9-20)22-13-21(25-29-22)18-4-5-19-14-24-11-10-17(19)12-18/h4-15H,3H2,1-2H3,(H,27,28)/t15-/m1/s1. The van der Waals surface area contributed by atoms with E-state index in [0.29, 0.717) is 11.4 Å². The molecule has 0 saturated heterocycles. The summed E-state index contributed by atoms with van der Waals surface area (Å²) >= 11 is 0. The van der Waals surface area contributed by atoms with E-state index < -0.39 is 6.09 Å². The van der Waals surface area contributed by atoms with Crippen LogP contribution in [0.3, 0.4) is 0 Å². The van der Waals surface area contributed by atoms with Crippen LogP contribution >= 0.6 is 0 Å². The van der Waals surface area contributed by atoms with Crippen molar-refractivity contribution in [2.75, 3.05) is 4.90 Å². The molecule has 1 amide bonds. The number of nitrogens with zero attached hydrogens (tertiary/aromatic N) is 3. The first kappa shape index (κ1) is 18.7. The highest BCUT2D eigenvalue weighted by molar-refractivity contribution is 5.88. The SMILES string of the molecule is CC[C@@H](C)N(C(=O)O)c1ccc(-c2cc(-c3ccc4cnccc4c3)no2)cc1. The van der Waals surface area contributed by atoms with E-state index in [2.05, 4.69) is 16.2 Å². The molecule has 2 aromatic carbocycles. The van der Waals surface area contributed by atoms with Crippen molar-refractivity contribution in [1.82, 2.24) is 10.1 Å². The molecule has 0 aliphatic heterocycles. The van der Waals surface area contributed by atoms with E-state index in [1.54, 1.807) is 18.3 Å². The first-order valence-electron chi connectivity index (χ1n) is 9.50. The summed E-state index contributed by atoms with van der Waals surface area (Å²) in [5.74, 6) is 0.631. The van der Waals surface area contributed by atoms with Crippen molar-refractivity contribution < 1.29 is 14.4 Å². The molecular weight excluding hydrogens is 366 g/mol. The Labute approximate surface area is 168 Å². The minimum atomic E-state index is -0.958. The van der Waals surface area contributed by atoms with Gasteiger partial charge in [-0.15, -0.1) is 0 Å². The second kappa shape index (κ2) is 7.75. The average molecular weight is 387 g/mol. The summed E-state index contributed by atoms with van der Waals surface area (Å²) in [6, 6.07) is 17.1. The Kier molecular flexibility index (Phi) is 4.99. The lowest BCUT2D eigenvalue weighted by Crippen LogP contribution is -2.37. The molecule has 146 valence electrons. The number of anilines is 1. The number of aromatic nitrogens is 2. The van der Waals surface area contributed by atoms with Crippen LogP contribution in [-0.2, 0) is 0 Å². The maximum Gasteiger partial charge on any atom is 0.412 e. The molecule has 6 heteroatoms. The Morgan fingerprint density at radius 1 is 1.07 bits per heavy atom. The molecule has 1 atom stereocenters. The summed E-state index contributed by atoms with van der Waals surface area (Å²) in [6.07, 6.45) is 3.37. The van der Waals surface area contributed by atoms with Crippen LogP contribution in [0.5, 0.6) is 0 Å². The molecule has 0 aliphatic rings. The minimum absolute atomic E-state index is 0.0988. The molecule has 0 unspecified atom stereocenters. The number of pyridine rings is 1. The van der Waals surface area contributed by atoms with Crippen LogP contribution in [-0.4, -0.2) is 27.4 Å². The monoisotopic (exact) mass is 387 g/mol. The Balaban J connectivity index is 1.61. The minimum Gasteiger partial charge on any atom is -0.465 e. The predicted octanol–water partition coefficient (Wildman–Crippen LogP) is 5.84. The summed E-state index contributed by atoms with van der Waals surface area (Å²) in [4.78, 5) is 17.1. The van der Waals surface area contributed by atoms with Crippen LogP contribution < -0.4 is 4.90 Å². The molecule has 29 heavy (non-hydrogen) atoms. The molecule has 0 spiro atoms. The Morgan fingerprint density at radius 2 is 1.83 bits per heavy atom. The normalized spacial score (nSPS) is 12.1. The highest BCUT2D eigenvalue weighted by atomic mass is 16.5. The maximum atomic E-state index is 11.6. The molecule has 0 saturated carbocycles. The zero-order valence-electron chi connectivity index (χ0n) is 16.2. The van der Waals surface area contributed by atoms with E-state index in [1.165, 1.54) is 4.90 Å². The van der Waals surface area contributed by atoms with Gasteiger partial charge in [-0.05, 0) is 55.1 Å². The molecule has 6 nitrogen and oxygen atoms in total. The van der Waals surface area contributed by atoms with Gasteiger partial charge in [0.1, 0.15) is 5.69 Å². The van der Waals surface area contributed by atoms with Gasteiger partial charge in [0.2, 0.25) is 0 Å². The van der Waals surface area contributed by atoms with E-state index in [9.17, 15) is 9.90 Å². The molecule has 1 N–H and O–H groups in total. The van der Waals surface area contributed by atoms with Crippen molar-refractivity contribution >= 4 is 22.6 Å². The smallest absolute Gasteiger partial charge is 0.412 e. The van der Waals surface area contributed by atoms with Crippen molar-refractivity contribution in [3.63, 3.8) is 0 Å². The number of carbonyl (C=O) groups is 1. The van der Waals surface area contributed by atoms with Gasteiger partial charge in [0.05, 0.1) is 0 Å². The Bertz CT molecular complexity index is 1150. The fraction of sp³-hybridized carbons (Fsp3) is 0.174. The van der Waals surface area contributed by atoms with Gasteiger partial charge < -0.3 is 9.63 Å². The van der Waals surface area contributed by atoms with Gasteiger partial charge in [-0.25, -0.2) is 4.79 Å². The largest absolute Gasteiger partial charge is 0.465 e. The molecular formula is C23H21N3O3. The van der Waals surface area contributed by atoms with E-state index in [-0.39, 0.29) is 6.04 Å². The van der Waals surface area contributed by atoms with Crippen molar-refractivity contribution in [3.8, 4) is 22.6 Å². The molecule has 0 bridgehead atoms. The van der Waals surface area contributed by atoms with E-state index in [4.69, 9.17) is 4.52 Å². The van der Waals surface area contributed by atoms with Crippen LogP contribution in [0.25, 0.3) is 33.4 Å². The Morgan fingerprint density at radius 3 is 2.55 bits per heavy atom. The number of hydrogen-bond donors (Lipinski definition) is 1. The van der Waals surface area contributed by atoms with Gasteiger partial charge in [-0.1, -0.05) is 24.2 Å². The second-order valence-corrected chi connectivity index (χ2v) is 6.97. The highest BCUT2D eigenvalue weighted by Gasteiger charge is 2.20. The van der Waals surface area contributed by atoms with Crippen molar-refractivity contribution in [2.24, 2.45) is 0 Å². The van der Waals surface area contributed by atoms with Crippen molar-refractivity contribution in [3.05, 3.63) is 67.0 Å². The second-order valence-electron chi connectivity index (χ2n) is 6.97. The van der Waals surface area contributed by atoms with E-state index >= 15 is 0 Å². The maximum absolute atomic E-state index is 11.6. The fourth-order valence-corrected chi connectivity index (χ4v) is 3.31. The highest BCUT2D eigenvalue weighted by Crippen LogP contribution is 2.29. The number of hydrogen-bond acceptors (Lipinski definition) is 4. The lowest BCUT2D eigenvalue weighted by Gasteiger charge is -2.25. The van der Waals surface area contributed by atoms with Crippen LogP contribution in [0.1, 0.15) is 20.3 Å². The number of rotatable bonds is 5. The van der Waals surface area contributed by atoms with Crippen LogP contribution in [0.15, 0.2) is 71.5 Å². The molecule has 2 aromatic heterocycles. The molecule has 4 aromatic rings. The third-order valence-corrected chi connectivity index (χ3v) is 5.11. The first-order chi connectivity index (χ1) is 14.1. The third-order valence-electron chi connectivity index (χ3n) is 5.11. The van der Waals surface area contributed by atoms with E-state index in [0.717, 1.165) is 34.0 Å². The van der Waals surface area contributed by atoms with Crippen molar-refractivity contribution in [1.29, 1.82) is 0 Å². The van der Waals surface area contributed by atoms with Crippen LogP contribution in [0, 0.1) is 0 Å².